The zero-order valence-corrected chi connectivity index (χ0v) is 12.1. The summed E-state index contributed by atoms with van der Waals surface area (Å²) in [5.74, 6) is 1.05. The molecule has 1 aliphatic rings. The van der Waals surface area contributed by atoms with Crippen LogP contribution >= 0.6 is 0 Å². The van der Waals surface area contributed by atoms with Crippen molar-refractivity contribution in [2.45, 2.75) is 0 Å². The van der Waals surface area contributed by atoms with E-state index >= 15 is 0 Å². The van der Waals surface area contributed by atoms with E-state index in [1.165, 1.54) is 0 Å². The third-order valence-electron chi connectivity index (χ3n) is 3.53. The van der Waals surface area contributed by atoms with Crippen molar-refractivity contribution >= 4 is 11.6 Å². The van der Waals surface area contributed by atoms with Gasteiger partial charge < -0.3 is 14.8 Å². The highest BCUT2D eigenvalue weighted by Crippen LogP contribution is 2.32. The maximum Gasteiger partial charge on any atom is 0.255 e. The summed E-state index contributed by atoms with van der Waals surface area (Å²) in [4.78, 5) is 12.3. The second kappa shape index (κ2) is 5.49. The first-order valence-corrected chi connectivity index (χ1v) is 7.11. The lowest BCUT2D eigenvalue weighted by Gasteiger charge is -2.07. The minimum atomic E-state index is -0.199. The van der Waals surface area contributed by atoms with Gasteiger partial charge in [-0.25, -0.2) is 4.68 Å². The molecule has 2 aromatic carbocycles. The molecular formula is C17H13N3O3. The minimum absolute atomic E-state index is 0.190. The molecule has 0 fully saturated rings. The average Bonchev–Trinajstić information content (AvgIpc) is 3.26. The van der Waals surface area contributed by atoms with E-state index in [4.69, 9.17) is 9.47 Å². The number of hydrogen-bond donors (Lipinski definition) is 1. The first-order chi connectivity index (χ1) is 11.3. The fourth-order valence-corrected chi connectivity index (χ4v) is 2.36. The molecule has 114 valence electrons. The van der Waals surface area contributed by atoms with Gasteiger partial charge in [0.25, 0.3) is 5.91 Å². The highest BCUT2D eigenvalue weighted by molar-refractivity contribution is 6.04. The Hall–Kier alpha value is -3.28. The zero-order valence-electron chi connectivity index (χ0n) is 12.1. The Morgan fingerprint density at radius 3 is 2.70 bits per heavy atom. The summed E-state index contributed by atoms with van der Waals surface area (Å²) in [6, 6.07) is 14.4. The first kappa shape index (κ1) is 13.4. The summed E-state index contributed by atoms with van der Waals surface area (Å²) in [5, 5.41) is 7.02. The second-order valence-corrected chi connectivity index (χ2v) is 5.02. The van der Waals surface area contributed by atoms with E-state index in [2.05, 4.69) is 10.4 Å². The van der Waals surface area contributed by atoms with Gasteiger partial charge in [-0.15, -0.1) is 0 Å². The predicted molar refractivity (Wildman–Crippen MR) is 84.1 cm³/mol. The predicted octanol–water partition coefficient (Wildman–Crippen LogP) is 2.85. The fraction of sp³-hybridized carbons (Fsp3) is 0.0588. The lowest BCUT2D eigenvalue weighted by molar-refractivity contribution is 0.102. The van der Waals surface area contributed by atoms with Gasteiger partial charge in [0.2, 0.25) is 6.79 Å². The normalized spacial score (nSPS) is 12.2. The van der Waals surface area contributed by atoms with Crippen molar-refractivity contribution in [3.63, 3.8) is 0 Å². The van der Waals surface area contributed by atoms with E-state index in [0.29, 0.717) is 22.7 Å². The van der Waals surface area contributed by atoms with Gasteiger partial charge in [0, 0.05) is 23.6 Å². The van der Waals surface area contributed by atoms with Crippen molar-refractivity contribution in [1.82, 2.24) is 9.78 Å². The SMILES string of the molecule is O=C(Nc1ccc(-n2cccn2)cc1)c1ccc2c(c1)OCO2. The number of carbonyl (C=O) groups is 1. The Balaban J connectivity index is 1.50. The molecule has 4 rings (SSSR count). The van der Waals surface area contributed by atoms with Crippen molar-refractivity contribution in [1.29, 1.82) is 0 Å². The first-order valence-electron chi connectivity index (χ1n) is 7.11. The molecular weight excluding hydrogens is 294 g/mol. The molecule has 1 N–H and O–H groups in total. The van der Waals surface area contributed by atoms with Gasteiger partial charge in [-0.2, -0.15) is 5.10 Å². The van der Waals surface area contributed by atoms with Crippen LogP contribution in [0.5, 0.6) is 11.5 Å². The van der Waals surface area contributed by atoms with E-state index < -0.39 is 0 Å². The molecule has 0 spiro atoms. The van der Waals surface area contributed by atoms with Crippen LogP contribution in [0, 0.1) is 0 Å². The molecule has 6 nitrogen and oxygen atoms in total. The summed E-state index contributed by atoms with van der Waals surface area (Å²) in [7, 11) is 0. The number of carbonyl (C=O) groups excluding carboxylic acids is 1. The van der Waals surface area contributed by atoms with Crippen LogP contribution in [0.25, 0.3) is 5.69 Å². The summed E-state index contributed by atoms with van der Waals surface area (Å²) < 4.78 is 12.3. The van der Waals surface area contributed by atoms with Crippen LogP contribution < -0.4 is 14.8 Å². The zero-order chi connectivity index (χ0) is 15.6. The number of nitrogens with zero attached hydrogens (tertiary/aromatic N) is 2. The maximum absolute atomic E-state index is 12.3. The number of anilines is 1. The van der Waals surface area contributed by atoms with Gasteiger partial charge in [0.05, 0.1) is 5.69 Å². The van der Waals surface area contributed by atoms with Crippen LogP contribution in [0.1, 0.15) is 10.4 Å². The number of amides is 1. The van der Waals surface area contributed by atoms with Crippen LogP contribution in [0.2, 0.25) is 0 Å². The molecule has 1 aromatic heterocycles. The average molecular weight is 307 g/mol. The third kappa shape index (κ3) is 2.62. The molecule has 0 saturated heterocycles. The van der Waals surface area contributed by atoms with Gasteiger partial charge in [-0.1, -0.05) is 0 Å². The summed E-state index contributed by atoms with van der Waals surface area (Å²) in [5.41, 5.74) is 2.16. The Morgan fingerprint density at radius 1 is 1.09 bits per heavy atom. The molecule has 0 saturated carbocycles. The lowest BCUT2D eigenvalue weighted by Crippen LogP contribution is -2.11. The van der Waals surface area contributed by atoms with E-state index in [-0.39, 0.29) is 12.7 Å². The Bertz CT molecular complexity index is 842. The number of rotatable bonds is 3. The van der Waals surface area contributed by atoms with Gasteiger partial charge in [-0.3, -0.25) is 4.79 Å². The smallest absolute Gasteiger partial charge is 0.255 e. The van der Waals surface area contributed by atoms with Crippen molar-refractivity contribution in [2.75, 3.05) is 12.1 Å². The second-order valence-electron chi connectivity index (χ2n) is 5.02. The molecule has 23 heavy (non-hydrogen) atoms. The van der Waals surface area contributed by atoms with Gasteiger partial charge in [0.15, 0.2) is 11.5 Å². The van der Waals surface area contributed by atoms with Crippen LogP contribution in [0.15, 0.2) is 60.9 Å². The number of hydrogen-bond acceptors (Lipinski definition) is 4. The third-order valence-corrected chi connectivity index (χ3v) is 3.53. The highest BCUT2D eigenvalue weighted by atomic mass is 16.7. The maximum atomic E-state index is 12.3. The molecule has 1 amide bonds. The Labute approximate surface area is 132 Å². The molecule has 0 radical (unpaired) electrons. The monoisotopic (exact) mass is 307 g/mol. The van der Waals surface area contributed by atoms with E-state index in [9.17, 15) is 4.79 Å². The highest BCUT2D eigenvalue weighted by Gasteiger charge is 2.16. The summed E-state index contributed by atoms with van der Waals surface area (Å²) >= 11 is 0. The van der Waals surface area contributed by atoms with E-state index in [1.54, 1.807) is 29.1 Å². The standard InChI is InChI=1S/C17H13N3O3/c21-17(12-2-7-15-16(10-12)23-11-22-15)19-13-3-5-14(6-4-13)20-9-1-8-18-20/h1-10H,11H2,(H,19,21). The quantitative estimate of drug-likeness (QED) is 0.808. The number of fused-ring (bicyclic) bond motifs is 1. The fourth-order valence-electron chi connectivity index (χ4n) is 2.36. The molecule has 6 heteroatoms. The topological polar surface area (TPSA) is 65.4 Å². The van der Waals surface area contributed by atoms with Gasteiger partial charge >= 0.3 is 0 Å². The number of nitrogens with one attached hydrogen (secondary N) is 1. The number of benzene rings is 2. The summed E-state index contributed by atoms with van der Waals surface area (Å²) in [6.07, 6.45) is 3.58. The molecule has 0 bridgehead atoms. The molecule has 3 aromatic rings. The van der Waals surface area contributed by atoms with Gasteiger partial charge in [-0.05, 0) is 48.5 Å². The van der Waals surface area contributed by atoms with Crippen LogP contribution in [0.3, 0.4) is 0 Å². The number of ether oxygens (including phenoxy) is 2. The van der Waals surface area contributed by atoms with E-state index in [0.717, 1.165) is 5.69 Å². The molecule has 1 aliphatic heterocycles. The van der Waals surface area contributed by atoms with Crippen LogP contribution in [-0.4, -0.2) is 22.5 Å². The molecule has 0 unspecified atom stereocenters. The van der Waals surface area contributed by atoms with Crippen molar-refractivity contribution in [2.24, 2.45) is 0 Å². The largest absolute Gasteiger partial charge is 0.454 e. The van der Waals surface area contributed by atoms with Crippen molar-refractivity contribution in [3.8, 4) is 17.2 Å². The molecule has 2 heterocycles. The van der Waals surface area contributed by atoms with Crippen molar-refractivity contribution < 1.29 is 14.3 Å². The summed E-state index contributed by atoms with van der Waals surface area (Å²) in [6.45, 7) is 0.190. The molecule has 0 aliphatic carbocycles. The Morgan fingerprint density at radius 2 is 1.91 bits per heavy atom. The van der Waals surface area contributed by atoms with Crippen LogP contribution in [-0.2, 0) is 0 Å². The molecule has 0 atom stereocenters. The number of aromatic nitrogens is 2. The lowest BCUT2D eigenvalue weighted by atomic mass is 10.2. The van der Waals surface area contributed by atoms with Crippen molar-refractivity contribution in [3.05, 3.63) is 66.5 Å². The Kier molecular flexibility index (Phi) is 3.20. The van der Waals surface area contributed by atoms with Gasteiger partial charge in [0.1, 0.15) is 0 Å². The van der Waals surface area contributed by atoms with E-state index in [1.807, 2.05) is 36.5 Å². The minimum Gasteiger partial charge on any atom is -0.454 e. The van der Waals surface area contributed by atoms with Crippen LogP contribution in [0.4, 0.5) is 5.69 Å².